The van der Waals surface area contributed by atoms with Crippen LogP contribution in [0.4, 0.5) is 11.6 Å². The number of anilines is 2. The molecule has 27 heavy (non-hydrogen) atoms. The molecule has 1 aliphatic rings. The van der Waals surface area contributed by atoms with Gasteiger partial charge in [0.15, 0.2) is 0 Å². The second-order valence-electron chi connectivity index (χ2n) is 6.86. The van der Waals surface area contributed by atoms with Gasteiger partial charge in [0.1, 0.15) is 29.1 Å². The van der Waals surface area contributed by atoms with E-state index >= 15 is 0 Å². The Hall–Kier alpha value is -2.81. The third-order valence-electron chi connectivity index (χ3n) is 5.21. The highest BCUT2D eigenvalue weighted by Gasteiger charge is 2.24. The molecule has 0 aliphatic carbocycles. The van der Waals surface area contributed by atoms with Gasteiger partial charge in [0.05, 0.1) is 5.39 Å². The normalized spacial score (nSPS) is 15.2. The second kappa shape index (κ2) is 6.12. The molecule has 1 aliphatic heterocycles. The molecule has 0 spiro atoms. The van der Waals surface area contributed by atoms with Crippen LogP contribution in [0.25, 0.3) is 16.0 Å². The third kappa shape index (κ3) is 2.61. The van der Waals surface area contributed by atoms with E-state index in [2.05, 4.69) is 54.7 Å². The number of aryl methyl sites for hydroxylation is 3. The summed E-state index contributed by atoms with van der Waals surface area (Å²) in [6.07, 6.45) is 3.24. The molecule has 0 atom stereocenters. The molecular formula is C18H20N8S. The Labute approximate surface area is 160 Å². The summed E-state index contributed by atoms with van der Waals surface area (Å²) in [7, 11) is 0. The smallest absolute Gasteiger partial charge is 0.254 e. The summed E-state index contributed by atoms with van der Waals surface area (Å²) in [4.78, 5) is 24.9. The maximum absolute atomic E-state index is 4.62. The maximum Gasteiger partial charge on any atom is 0.254 e. The van der Waals surface area contributed by atoms with Gasteiger partial charge >= 0.3 is 0 Å². The van der Waals surface area contributed by atoms with Crippen molar-refractivity contribution in [2.75, 3.05) is 36.0 Å². The first-order chi connectivity index (χ1) is 13.1. The maximum atomic E-state index is 4.62. The molecule has 0 aromatic carbocycles. The van der Waals surface area contributed by atoms with Gasteiger partial charge < -0.3 is 9.80 Å². The highest BCUT2D eigenvalue weighted by atomic mass is 32.1. The molecular weight excluding hydrogens is 360 g/mol. The Balaban J connectivity index is 1.45. The van der Waals surface area contributed by atoms with E-state index in [1.165, 1.54) is 15.8 Å². The van der Waals surface area contributed by atoms with Crippen LogP contribution in [0.15, 0.2) is 18.7 Å². The van der Waals surface area contributed by atoms with Crippen LogP contribution >= 0.6 is 11.3 Å². The van der Waals surface area contributed by atoms with Crippen LogP contribution in [0, 0.1) is 20.8 Å². The predicted octanol–water partition coefficient (Wildman–Crippen LogP) is 2.38. The lowest BCUT2D eigenvalue weighted by atomic mass is 10.2. The quantitative estimate of drug-likeness (QED) is 0.528. The van der Waals surface area contributed by atoms with E-state index < -0.39 is 0 Å². The van der Waals surface area contributed by atoms with Crippen LogP contribution in [-0.4, -0.2) is 55.7 Å². The van der Waals surface area contributed by atoms with Gasteiger partial charge in [0.2, 0.25) is 0 Å². The minimum Gasteiger partial charge on any atom is -0.353 e. The molecule has 5 rings (SSSR count). The topological polar surface area (TPSA) is 75.3 Å². The minimum atomic E-state index is 0.648. The Morgan fingerprint density at radius 1 is 0.926 bits per heavy atom. The molecule has 0 bridgehead atoms. The van der Waals surface area contributed by atoms with Crippen molar-refractivity contribution in [2.45, 2.75) is 20.8 Å². The molecule has 1 fully saturated rings. The van der Waals surface area contributed by atoms with Crippen LogP contribution in [0.2, 0.25) is 0 Å². The van der Waals surface area contributed by atoms with Gasteiger partial charge in [-0.15, -0.1) is 11.3 Å². The number of hydrogen-bond acceptors (Lipinski definition) is 8. The van der Waals surface area contributed by atoms with Gasteiger partial charge in [-0.2, -0.15) is 14.6 Å². The highest BCUT2D eigenvalue weighted by Crippen LogP contribution is 2.34. The Bertz CT molecular complexity index is 1140. The summed E-state index contributed by atoms with van der Waals surface area (Å²) in [6.45, 7) is 9.90. The van der Waals surface area contributed by atoms with Crippen LogP contribution in [0.1, 0.15) is 16.1 Å². The Kier molecular flexibility index (Phi) is 3.71. The third-order valence-corrected chi connectivity index (χ3v) is 6.32. The lowest BCUT2D eigenvalue weighted by Crippen LogP contribution is -2.47. The first-order valence-corrected chi connectivity index (χ1v) is 9.81. The Morgan fingerprint density at radius 2 is 1.70 bits per heavy atom. The first-order valence-electron chi connectivity index (χ1n) is 9.00. The zero-order valence-electron chi connectivity index (χ0n) is 15.5. The second-order valence-corrected chi connectivity index (χ2v) is 8.07. The summed E-state index contributed by atoms with van der Waals surface area (Å²) < 4.78 is 1.82. The molecule has 9 heteroatoms. The molecule has 4 aromatic heterocycles. The average molecular weight is 380 g/mol. The first kappa shape index (κ1) is 16.4. The largest absolute Gasteiger partial charge is 0.353 e. The van der Waals surface area contributed by atoms with E-state index in [0.717, 1.165) is 48.3 Å². The average Bonchev–Trinajstić information content (AvgIpc) is 3.25. The molecule has 0 radical (unpaired) electrons. The van der Waals surface area contributed by atoms with E-state index in [1.54, 1.807) is 24.0 Å². The molecule has 138 valence electrons. The van der Waals surface area contributed by atoms with Crippen molar-refractivity contribution in [3.63, 3.8) is 0 Å². The monoisotopic (exact) mass is 380 g/mol. The van der Waals surface area contributed by atoms with Crippen LogP contribution in [0.3, 0.4) is 0 Å². The van der Waals surface area contributed by atoms with Crippen LogP contribution < -0.4 is 9.80 Å². The SMILES string of the molecule is Cc1cc(N2CCN(c3ncnc4sc(C)c(C)c34)CC2)n2ncnc2n1. The lowest BCUT2D eigenvalue weighted by Gasteiger charge is -2.36. The van der Waals surface area contributed by atoms with Gasteiger partial charge in [-0.3, -0.25) is 0 Å². The molecule has 4 aromatic rings. The van der Waals surface area contributed by atoms with Crippen LogP contribution in [0.5, 0.6) is 0 Å². The number of fused-ring (bicyclic) bond motifs is 2. The zero-order chi connectivity index (χ0) is 18.5. The van der Waals surface area contributed by atoms with Crippen molar-refractivity contribution >= 4 is 39.0 Å². The fraction of sp³-hybridized carbons (Fsp3) is 0.389. The minimum absolute atomic E-state index is 0.648. The van der Waals surface area contributed by atoms with E-state index in [9.17, 15) is 0 Å². The molecule has 5 heterocycles. The van der Waals surface area contributed by atoms with Crippen molar-refractivity contribution in [2.24, 2.45) is 0 Å². The molecule has 0 unspecified atom stereocenters. The van der Waals surface area contributed by atoms with E-state index in [-0.39, 0.29) is 0 Å². The Morgan fingerprint density at radius 3 is 2.52 bits per heavy atom. The van der Waals surface area contributed by atoms with E-state index in [4.69, 9.17) is 0 Å². The van der Waals surface area contributed by atoms with E-state index in [1.807, 2.05) is 11.4 Å². The van der Waals surface area contributed by atoms with E-state index in [0.29, 0.717) is 5.78 Å². The lowest BCUT2D eigenvalue weighted by molar-refractivity contribution is 0.634. The number of rotatable bonds is 2. The van der Waals surface area contributed by atoms with Crippen molar-refractivity contribution < 1.29 is 0 Å². The van der Waals surface area contributed by atoms with Gasteiger partial charge in [0.25, 0.3) is 5.78 Å². The standard InChI is InChI=1S/C18H20N8S/c1-11-8-14(26-18(23-11)21-10-22-26)24-4-6-25(7-5-24)16-15-12(2)13(3)27-17(15)20-9-19-16/h8-10H,4-7H2,1-3H3. The van der Waals surface area contributed by atoms with Crippen LogP contribution in [-0.2, 0) is 0 Å². The summed E-state index contributed by atoms with van der Waals surface area (Å²) >= 11 is 1.74. The summed E-state index contributed by atoms with van der Waals surface area (Å²) in [5.74, 6) is 2.75. The van der Waals surface area contributed by atoms with Crippen molar-refractivity contribution in [3.8, 4) is 0 Å². The zero-order valence-corrected chi connectivity index (χ0v) is 16.4. The fourth-order valence-corrected chi connectivity index (χ4v) is 4.68. The molecule has 0 saturated carbocycles. The van der Waals surface area contributed by atoms with Gasteiger partial charge in [-0.1, -0.05) is 0 Å². The van der Waals surface area contributed by atoms with Gasteiger partial charge in [0, 0.05) is 42.8 Å². The van der Waals surface area contributed by atoms with Gasteiger partial charge in [-0.05, 0) is 26.3 Å². The highest BCUT2D eigenvalue weighted by molar-refractivity contribution is 7.18. The summed E-state index contributed by atoms with van der Waals surface area (Å²) in [6, 6.07) is 2.08. The molecule has 0 N–H and O–H groups in total. The summed E-state index contributed by atoms with van der Waals surface area (Å²) in [5, 5.41) is 5.54. The predicted molar refractivity (Wildman–Crippen MR) is 107 cm³/mol. The van der Waals surface area contributed by atoms with Crippen molar-refractivity contribution in [1.29, 1.82) is 0 Å². The number of piperazine rings is 1. The van der Waals surface area contributed by atoms with Crippen molar-refractivity contribution in [3.05, 3.63) is 34.9 Å². The fourth-order valence-electron chi connectivity index (χ4n) is 3.69. The summed E-state index contributed by atoms with van der Waals surface area (Å²) in [5.41, 5.74) is 2.25. The number of nitrogens with zero attached hydrogens (tertiary/aromatic N) is 8. The molecule has 8 nitrogen and oxygen atoms in total. The number of aromatic nitrogens is 6. The number of hydrogen-bond donors (Lipinski definition) is 0. The molecule has 0 amide bonds. The van der Waals surface area contributed by atoms with Crippen molar-refractivity contribution in [1.82, 2.24) is 29.5 Å². The molecule has 1 saturated heterocycles. The van der Waals surface area contributed by atoms with Gasteiger partial charge in [-0.25, -0.2) is 15.0 Å². The number of thiophene rings is 1.